The van der Waals surface area contributed by atoms with Crippen LogP contribution in [-0.4, -0.2) is 34.8 Å². The fourth-order valence-corrected chi connectivity index (χ4v) is 6.99. The van der Waals surface area contributed by atoms with Gasteiger partial charge in [-0.3, -0.25) is 4.55 Å². The highest BCUT2D eigenvalue weighted by atomic mass is 32.2. The number of anilines is 2. The molecule has 0 fully saturated rings. The minimum Gasteiger partial charge on any atom is -0.367 e. The molecule has 0 saturated carbocycles. The molecule has 2 N–H and O–H groups in total. The van der Waals surface area contributed by atoms with Crippen LogP contribution < -0.4 is 9.80 Å². The monoisotopic (exact) mass is 654 g/mol. The SMILES string of the molecule is CCN(Cc1ccccc1)c1ccc(C(c2ccc(N(CC)Cc3cccc(S(=O)O)c3)cc2)c2ccccc2S(=O)(=O)O)cc1. The zero-order valence-corrected chi connectivity index (χ0v) is 27.5. The second kappa shape index (κ2) is 14.9. The summed E-state index contributed by atoms with van der Waals surface area (Å²) in [5.41, 5.74) is 6.40. The van der Waals surface area contributed by atoms with Crippen molar-refractivity contribution in [2.75, 3.05) is 22.9 Å². The molecule has 0 aliphatic carbocycles. The number of nitrogens with zero attached hydrogens (tertiary/aromatic N) is 2. The first kappa shape index (κ1) is 33.1. The van der Waals surface area contributed by atoms with Crippen molar-refractivity contribution >= 4 is 32.6 Å². The molecule has 0 heterocycles. The summed E-state index contributed by atoms with van der Waals surface area (Å²) in [6, 6.07) is 40.1. The van der Waals surface area contributed by atoms with Gasteiger partial charge in [-0.25, -0.2) is 4.21 Å². The second-order valence-electron chi connectivity index (χ2n) is 11.0. The lowest BCUT2D eigenvalue weighted by Crippen LogP contribution is -2.22. The Labute approximate surface area is 274 Å². The zero-order valence-electron chi connectivity index (χ0n) is 25.9. The quantitative estimate of drug-likeness (QED) is 0.0761. The molecule has 0 aliphatic heterocycles. The van der Waals surface area contributed by atoms with Crippen molar-refractivity contribution in [3.8, 4) is 0 Å². The van der Waals surface area contributed by atoms with Gasteiger partial charge in [0.15, 0.2) is 11.1 Å². The molecule has 9 heteroatoms. The van der Waals surface area contributed by atoms with E-state index in [4.69, 9.17) is 0 Å². The van der Waals surface area contributed by atoms with Crippen LogP contribution in [0.2, 0.25) is 0 Å². The van der Waals surface area contributed by atoms with Crippen LogP contribution in [0.4, 0.5) is 11.4 Å². The average molecular weight is 655 g/mol. The van der Waals surface area contributed by atoms with Gasteiger partial charge in [-0.05, 0) is 84.1 Å². The van der Waals surface area contributed by atoms with Crippen LogP contribution in [-0.2, 0) is 34.3 Å². The molecule has 5 aromatic rings. The molecule has 0 radical (unpaired) electrons. The minimum absolute atomic E-state index is 0.122. The van der Waals surface area contributed by atoms with Gasteiger partial charge < -0.3 is 14.4 Å². The molecule has 0 aromatic heterocycles. The van der Waals surface area contributed by atoms with Crippen molar-refractivity contribution in [1.29, 1.82) is 0 Å². The van der Waals surface area contributed by atoms with Crippen molar-refractivity contribution in [2.45, 2.75) is 42.6 Å². The lowest BCUT2D eigenvalue weighted by molar-refractivity contribution is 0.482. The molecular formula is C37H38N2O5S2. The third-order valence-electron chi connectivity index (χ3n) is 8.14. The van der Waals surface area contributed by atoms with E-state index in [2.05, 4.69) is 41.0 Å². The smallest absolute Gasteiger partial charge is 0.294 e. The normalized spacial score (nSPS) is 12.8. The van der Waals surface area contributed by atoms with E-state index in [1.165, 1.54) is 11.6 Å². The molecule has 0 spiro atoms. The first-order valence-electron chi connectivity index (χ1n) is 15.2. The third-order valence-corrected chi connectivity index (χ3v) is 9.73. The van der Waals surface area contributed by atoms with Gasteiger partial charge in [0, 0.05) is 43.5 Å². The molecule has 46 heavy (non-hydrogen) atoms. The Kier molecular flexibility index (Phi) is 10.7. The summed E-state index contributed by atoms with van der Waals surface area (Å²) in [5.74, 6) is -0.461. The topological polar surface area (TPSA) is 98.2 Å². The summed E-state index contributed by atoms with van der Waals surface area (Å²) < 4.78 is 56.3. The van der Waals surface area contributed by atoms with Crippen LogP contribution in [0.1, 0.15) is 47.6 Å². The number of hydrogen-bond donors (Lipinski definition) is 2. The Hall–Kier alpha value is -4.28. The van der Waals surface area contributed by atoms with E-state index in [1.54, 1.807) is 36.4 Å². The van der Waals surface area contributed by atoms with E-state index >= 15 is 0 Å². The van der Waals surface area contributed by atoms with E-state index < -0.39 is 27.1 Å². The van der Waals surface area contributed by atoms with Gasteiger partial charge in [0.25, 0.3) is 10.1 Å². The molecule has 5 rings (SSSR count). The van der Waals surface area contributed by atoms with Gasteiger partial charge in [0.05, 0.1) is 9.79 Å². The molecule has 0 aliphatic rings. The Morgan fingerprint density at radius 1 is 0.652 bits per heavy atom. The van der Waals surface area contributed by atoms with Crippen LogP contribution in [0.5, 0.6) is 0 Å². The Morgan fingerprint density at radius 3 is 1.67 bits per heavy atom. The largest absolute Gasteiger partial charge is 0.367 e. The summed E-state index contributed by atoms with van der Waals surface area (Å²) in [4.78, 5) is 4.68. The molecule has 7 nitrogen and oxygen atoms in total. The Balaban J connectivity index is 1.49. The lowest BCUT2D eigenvalue weighted by Gasteiger charge is -2.26. The Bertz CT molecular complexity index is 1880. The van der Waals surface area contributed by atoms with Gasteiger partial charge in [-0.2, -0.15) is 8.42 Å². The molecule has 0 amide bonds. The highest BCUT2D eigenvalue weighted by Crippen LogP contribution is 2.37. The summed E-state index contributed by atoms with van der Waals surface area (Å²) in [6.07, 6.45) is 0. The predicted octanol–water partition coefficient (Wildman–Crippen LogP) is 7.75. The van der Waals surface area contributed by atoms with Gasteiger partial charge >= 0.3 is 0 Å². The fraction of sp³-hybridized carbons (Fsp3) is 0.189. The summed E-state index contributed by atoms with van der Waals surface area (Å²) in [5, 5.41) is 0. The van der Waals surface area contributed by atoms with Crippen LogP contribution >= 0.6 is 0 Å². The average Bonchev–Trinajstić information content (AvgIpc) is 3.07. The van der Waals surface area contributed by atoms with Crippen molar-refractivity contribution in [1.82, 2.24) is 0 Å². The fourth-order valence-electron chi connectivity index (χ4n) is 5.81. The molecule has 2 unspecified atom stereocenters. The third kappa shape index (κ3) is 7.92. The molecule has 5 aromatic carbocycles. The van der Waals surface area contributed by atoms with Gasteiger partial charge in [-0.1, -0.05) is 84.9 Å². The lowest BCUT2D eigenvalue weighted by atomic mass is 9.85. The molecule has 238 valence electrons. The van der Waals surface area contributed by atoms with Gasteiger partial charge in [-0.15, -0.1) is 0 Å². The summed E-state index contributed by atoms with van der Waals surface area (Å²) in [7, 11) is -4.48. The maximum absolute atomic E-state index is 12.5. The van der Waals surface area contributed by atoms with E-state index in [-0.39, 0.29) is 4.90 Å². The minimum atomic E-state index is -4.48. The number of rotatable bonds is 13. The Morgan fingerprint density at radius 2 is 1.15 bits per heavy atom. The predicted molar refractivity (Wildman–Crippen MR) is 185 cm³/mol. The van der Waals surface area contributed by atoms with Crippen molar-refractivity contribution in [3.05, 3.63) is 155 Å². The van der Waals surface area contributed by atoms with E-state index in [1.807, 2.05) is 67.6 Å². The van der Waals surface area contributed by atoms with E-state index in [9.17, 15) is 21.7 Å². The van der Waals surface area contributed by atoms with Crippen molar-refractivity contribution < 1.29 is 21.7 Å². The maximum Gasteiger partial charge on any atom is 0.294 e. The van der Waals surface area contributed by atoms with Crippen LogP contribution in [0.25, 0.3) is 0 Å². The van der Waals surface area contributed by atoms with Crippen LogP contribution in [0, 0.1) is 0 Å². The number of hydrogen-bond acceptors (Lipinski definition) is 5. The molecule has 2 atom stereocenters. The first-order valence-corrected chi connectivity index (χ1v) is 17.7. The summed E-state index contributed by atoms with van der Waals surface area (Å²) in [6.45, 7) is 7.01. The maximum atomic E-state index is 12.5. The second-order valence-corrected chi connectivity index (χ2v) is 13.4. The zero-order chi connectivity index (χ0) is 32.7. The highest BCUT2D eigenvalue weighted by Gasteiger charge is 2.25. The first-order chi connectivity index (χ1) is 22.2. The summed E-state index contributed by atoms with van der Waals surface area (Å²) >= 11 is -2.05. The standard InChI is InChI=1S/C37H38N2O5S2/c1-3-38(26-28-11-6-5-7-12-28)32-21-17-30(18-22-32)37(35-15-8-9-16-36(35)46(42,43)44)31-19-23-33(24-20-31)39(4-2)27-29-13-10-14-34(25-29)45(40)41/h5-25,37H,3-4,26-27H2,1-2H3,(H,40,41)(H,42,43,44). The molecule has 0 bridgehead atoms. The molecular weight excluding hydrogens is 617 g/mol. The highest BCUT2D eigenvalue weighted by molar-refractivity contribution is 7.85. The van der Waals surface area contributed by atoms with Crippen molar-refractivity contribution in [3.63, 3.8) is 0 Å². The van der Waals surface area contributed by atoms with E-state index in [0.717, 1.165) is 41.2 Å². The number of benzene rings is 5. The van der Waals surface area contributed by atoms with Gasteiger partial charge in [0.2, 0.25) is 0 Å². The van der Waals surface area contributed by atoms with E-state index in [0.29, 0.717) is 23.5 Å². The van der Waals surface area contributed by atoms with Gasteiger partial charge in [0.1, 0.15) is 0 Å². The van der Waals surface area contributed by atoms with Crippen molar-refractivity contribution in [2.24, 2.45) is 0 Å². The molecule has 0 saturated heterocycles. The van der Waals surface area contributed by atoms with Crippen LogP contribution in [0.15, 0.2) is 137 Å². The van der Waals surface area contributed by atoms with Crippen LogP contribution in [0.3, 0.4) is 0 Å².